The Bertz CT molecular complexity index is 591. The standard InChI is InChI=1S/C14H12ClN3O/c1-10(19)16-12-6-8-14(9-7-12)18-17-13-4-2-11(15)3-5-13/h2-9H,1H3,(H,16,19). The Morgan fingerprint density at radius 3 is 1.89 bits per heavy atom. The fraction of sp³-hybridized carbons (Fsp3) is 0.0714. The zero-order valence-electron chi connectivity index (χ0n) is 10.3. The fourth-order valence-corrected chi connectivity index (χ4v) is 1.56. The van der Waals surface area contributed by atoms with Gasteiger partial charge >= 0.3 is 0 Å². The third-order valence-corrected chi connectivity index (χ3v) is 2.55. The average Bonchev–Trinajstić information content (AvgIpc) is 2.39. The van der Waals surface area contributed by atoms with Crippen molar-refractivity contribution in [1.29, 1.82) is 0 Å². The molecule has 0 aliphatic rings. The lowest BCUT2D eigenvalue weighted by Gasteiger charge is -2.00. The Morgan fingerprint density at radius 2 is 1.42 bits per heavy atom. The SMILES string of the molecule is CC(=O)Nc1ccc(N=Nc2ccc(Cl)cc2)cc1. The summed E-state index contributed by atoms with van der Waals surface area (Å²) in [6, 6.07) is 14.2. The van der Waals surface area contributed by atoms with Crippen LogP contribution in [0.2, 0.25) is 5.02 Å². The molecule has 0 heterocycles. The van der Waals surface area contributed by atoms with E-state index in [1.807, 2.05) is 0 Å². The monoisotopic (exact) mass is 273 g/mol. The van der Waals surface area contributed by atoms with Crippen molar-refractivity contribution in [1.82, 2.24) is 0 Å². The van der Waals surface area contributed by atoms with Crippen molar-refractivity contribution in [3.63, 3.8) is 0 Å². The van der Waals surface area contributed by atoms with E-state index in [9.17, 15) is 4.79 Å². The maximum atomic E-state index is 10.9. The molecule has 1 N–H and O–H groups in total. The molecule has 0 saturated heterocycles. The smallest absolute Gasteiger partial charge is 0.221 e. The van der Waals surface area contributed by atoms with Gasteiger partial charge in [0.1, 0.15) is 0 Å². The fourth-order valence-electron chi connectivity index (χ4n) is 1.44. The molecule has 2 aromatic rings. The number of carbonyl (C=O) groups is 1. The van der Waals surface area contributed by atoms with Crippen molar-refractivity contribution in [2.75, 3.05) is 5.32 Å². The number of anilines is 1. The van der Waals surface area contributed by atoms with Crippen molar-refractivity contribution in [2.24, 2.45) is 10.2 Å². The van der Waals surface area contributed by atoms with Gasteiger partial charge in [0.15, 0.2) is 0 Å². The highest BCUT2D eigenvalue weighted by molar-refractivity contribution is 6.30. The minimum Gasteiger partial charge on any atom is -0.326 e. The van der Waals surface area contributed by atoms with Crippen LogP contribution in [0.3, 0.4) is 0 Å². The van der Waals surface area contributed by atoms with Gasteiger partial charge in [-0.15, -0.1) is 0 Å². The van der Waals surface area contributed by atoms with Crippen molar-refractivity contribution in [2.45, 2.75) is 6.92 Å². The Hall–Kier alpha value is -2.20. The molecule has 2 aromatic carbocycles. The first-order valence-electron chi connectivity index (χ1n) is 5.68. The third-order valence-electron chi connectivity index (χ3n) is 2.30. The molecule has 1 amide bonds. The number of hydrogen-bond donors (Lipinski definition) is 1. The van der Waals surface area contributed by atoms with Crippen LogP contribution >= 0.6 is 11.6 Å². The van der Waals surface area contributed by atoms with E-state index in [2.05, 4.69) is 15.5 Å². The minimum atomic E-state index is -0.101. The number of carbonyl (C=O) groups excluding carboxylic acids is 1. The quantitative estimate of drug-likeness (QED) is 0.809. The molecule has 0 saturated carbocycles. The molecule has 5 heteroatoms. The maximum absolute atomic E-state index is 10.9. The van der Waals surface area contributed by atoms with E-state index in [1.54, 1.807) is 48.5 Å². The van der Waals surface area contributed by atoms with Crippen LogP contribution < -0.4 is 5.32 Å². The summed E-state index contributed by atoms with van der Waals surface area (Å²) in [7, 11) is 0. The molecule has 0 fully saturated rings. The number of benzene rings is 2. The van der Waals surface area contributed by atoms with E-state index >= 15 is 0 Å². The van der Waals surface area contributed by atoms with Crippen LogP contribution in [0.5, 0.6) is 0 Å². The van der Waals surface area contributed by atoms with Gasteiger partial charge in [-0.1, -0.05) is 11.6 Å². The summed E-state index contributed by atoms with van der Waals surface area (Å²) in [6.07, 6.45) is 0. The number of azo groups is 1. The molecule has 0 aliphatic carbocycles. The van der Waals surface area contributed by atoms with Gasteiger partial charge in [0.05, 0.1) is 11.4 Å². The number of nitrogens with one attached hydrogen (secondary N) is 1. The Morgan fingerprint density at radius 1 is 0.947 bits per heavy atom. The van der Waals surface area contributed by atoms with Gasteiger partial charge in [-0.25, -0.2) is 0 Å². The number of halogens is 1. The van der Waals surface area contributed by atoms with Crippen LogP contribution in [0.4, 0.5) is 17.1 Å². The highest BCUT2D eigenvalue weighted by Crippen LogP contribution is 2.21. The molecule has 4 nitrogen and oxygen atoms in total. The first-order chi connectivity index (χ1) is 9.13. The van der Waals surface area contributed by atoms with E-state index in [4.69, 9.17) is 11.6 Å². The number of rotatable bonds is 3. The topological polar surface area (TPSA) is 53.8 Å². The number of amides is 1. The van der Waals surface area contributed by atoms with Crippen molar-refractivity contribution in [3.05, 3.63) is 53.6 Å². The molecular weight excluding hydrogens is 262 g/mol. The zero-order valence-corrected chi connectivity index (χ0v) is 11.1. The zero-order chi connectivity index (χ0) is 13.7. The number of hydrogen-bond acceptors (Lipinski definition) is 3. The van der Waals surface area contributed by atoms with Crippen LogP contribution in [0, 0.1) is 0 Å². The second kappa shape index (κ2) is 6.11. The highest BCUT2D eigenvalue weighted by Gasteiger charge is 1.95. The molecule has 0 radical (unpaired) electrons. The maximum Gasteiger partial charge on any atom is 0.221 e. The summed E-state index contributed by atoms with van der Waals surface area (Å²) < 4.78 is 0. The highest BCUT2D eigenvalue weighted by atomic mass is 35.5. The molecule has 0 atom stereocenters. The van der Waals surface area contributed by atoms with Crippen LogP contribution in [0.25, 0.3) is 0 Å². The van der Waals surface area contributed by atoms with Crippen LogP contribution in [0.1, 0.15) is 6.92 Å². The normalized spacial score (nSPS) is 10.6. The van der Waals surface area contributed by atoms with Crippen molar-refractivity contribution < 1.29 is 4.79 Å². The van der Waals surface area contributed by atoms with Gasteiger partial charge in [0.25, 0.3) is 0 Å². The summed E-state index contributed by atoms with van der Waals surface area (Å²) in [4.78, 5) is 10.9. The van der Waals surface area contributed by atoms with Crippen molar-refractivity contribution in [3.8, 4) is 0 Å². The van der Waals surface area contributed by atoms with Crippen LogP contribution in [-0.4, -0.2) is 5.91 Å². The van der Waals surface area contributed by atoms with E-state index in [1.165, 1.54) is 6.92 Å². The second-order valence-corrected chi connectivity index (χ2v) is 4.34. The molecule has 0 spiro atoms. The summed E-state index contributed by atoms with van der Waals surface area (Å²) >= 11 is 5.78. The van der Waals surface area contributed by atoms with Gasteiger partial charge in [0.2, 0.25) is 5.91 Å². The average molecular weight is 274 g/mol. The van der Waals surface area contributed by atoms with Crippen LogP contribution in [-0.2, 0) is 4.79 Å². The minimum absolute atomic E-state index is 0.101. The van der Waals surface area contributed by atoms with Gasteiger partial charge in [-0.2, -0.15) is 10.2 Å². The molecular formula is C14H12ClN3O. The molecule has 96 valence electrons. The molecule has 0 aliphatic heterocycles. The van der Waals surface area contributed by atoms with Gasteiger partial charge in [-0.05, 0) is 48.5 Å². The summed E-state index contributed by atoms with van der Waals surface area (Å²) in [5.41, 5.74) is 2.18. The van der Waals surface area contributed by atoms with E-state index < -0.39 is 0 Å². The summed E-state index contributed by atoms with van der Waals surface area (Å²) in [5, 5.41) is 11.5. The predicted molar refractivity (Wildman–Crippen MR) is 76.4 cm³/mol. The van der Waals surface area contributed by atoms with Gasteiger partial charge in [-0.3, -0.25) is 4.79 Å². The van der Waals surface area contributed by atoms with Gasteiger partial charge < -0.3 is 5.32 Å². The predicted octanol–water partition coefficient (Wildman–Crippen LogP) is 4.71. The third kappa shape index (κ3) is 4.19. The van der Waals surface area contributed by atoms with E-state index in [0.29, 0.717) is 10.7 Å². The van der Waals surface area contributed by atoms with E-state index in [-0.39, 0.29) is 5.91 Å². The molecule has 0 aromatic heterocycles. The molecule has 0 unspecified atom stereocenters. The van der Waals surface area contributed by atoms with Crippen LogP contribution in [0.15, 0.2) is 58.8 Å². The Labute approximate surface area is 116 Å². The first-order valence-corrected chi connectivity index (χ1v) is 6.06. The lowest BCUT2D eigenvalue weighted by molar-refractivity contribution is -0.114. The largest absolute Gasteiger partial charge is 0.326 e. The second-order valence-electron chi connectivity index (χ2n) is 3.90. The lowest BCUT2D eigenvalue weighted by Crippen LogP contribution is -2.04. The van der Waals surface area contributed by atoms with E-state index in [0.717, 1.165) is 11.4 Å². The molecule has 0 bridgehead atoms. The summed E-state index contributed by atoms with van der Waals surface area (Å²) in [6.45, 7) is 1.47. The summed E-state index contributed by atoms with van der Waals surface area (Å²) in [5.74, 6) is -0.101. The molecule has 2 rings (SSSR count). The first kappa shape index (κ1) is 13.2. The molecule has 19 heavy (non-hydrogen) atoms. The Balaban J connectivity index is 2.06. The Kier molecular flexibility index (Phi) is 4.26. The van der Waals surface area contributed by atoms with Gasteiger partial charge in [0, 0.05) is 17.6 Å². The lowest BCUT2D eigenvalue weighted by atomic mass is 10.3. The number of nitrogens with zero attached hydrogens (tertiary/aromatic N) is 2. The van der Waals surface area contributed by atoms with Crippen molar-refractivity contribution >= 4 is 34.6 Å².